The fourth-order valence-corrected chi connectivity index (χ4v) is 2.17. The van der Waals surface area contributed by atoms with E-state index in [-0.39, 0.29) is 4.80 Å². The molecule has 0 aliphatic heterocycles. The number of anilines is 1. The number of hydrogen-bond acceptors (Lipinski definition) is 4. The maximum Gasteiger partial charge on any atom is 0.189 e. The SMILES string of the molecule is Cc1ccc(-n2c(N)c(C#N)sc2=N)cc1. The van der Waals surface area contributed by atoms with Gasteiger partial charge in [-0.25, -0.2) is 0 Å². The molecule has 0 aliphatic carbocycles. The molecule has 0 bridgehead atoms. The predicted molar refractivity (Wildman–Crippen MR) is 63.4 cm³/mol. The molecule has 2 aromatic rings. The van der Waals surface area contributed by atoms with E-state index in [1.165, 1.54) is 0 Å². The maximum atomic E-state index is 8.83. The van der Waals surface area contributed by atoms with Crippen molar-refractivity contribution in [3.63, 3.8) is 0 Å². The quantitative estimate of drug-likeness (QED) is 0.783. The predicted octanol–water partition coefficient (Wildman–Crippen LogP) is 1.78. The molecule has 0 atom stereocenters. The Morgan fingerprint density at radius 2 is 2.00 bits per heavy atom. The summed E-state index contributed by atoms with van der Waals surface area (Å²) in [6.07, 6.45) is 0. The number of aromatic nitrogens is 1. The summed E-state index contributed by atoms with van der Waals surface area (Å²) in [5.41, 5.74) is 7.77. The van der Waals surface area contributed by atoms with Crippen molar-refractivity contribution in [3.05, 3.63) is 39.5 Å². The molecule has 80 valence electrons. The molecule has 0 amide bonds. The second-order valence-electron chi connectivity index (χ2n) is 3.40. The number of nitrogens with zero attached hydrogens (tertiary/aromatic N) is 2. The second kappa shape index (κ2) is 3.83. The smallest absolute Gasteiger partial charge is 0.189 e. The van der Waals surface area contributed by atoms with Crippen LogP contribution in [-0.4, -0.2) is 4.57 Å². The Morgan fingerprint density at radius 3 is 2.50 bits per heavy atom. The maximum absolute atomic E-state index is 8.83. The number of benzene rings is 1. The van der Waals surface area contributed by atoms with E-state index >= 15 is 0 Å². The monoisotopic (exact) mass is 230 g/mol. The summed E-state index contributed by atoms with van der Waals surface area (Å²) in [5.74, 6) is 0.335. The molecule has 4 nitrogen and oxygen atoms in total. The van der Waals surface area contributed by atoms with Gasteiger partial charge in [0.15, 0.2) is 4.80 Å². The number of rotatable bonds is 1. The van der Waals surface area contributed by atoms with Crippen LogP contribution in [0.25, 0.3) is 5.69 Å². The molecule has 2 rings (SSSR count). The van der Waals surface area contributed by atoms with E-state index in [0.717, 1.165) is 22.6 Å². The van der Waals surface area contributed by atoms with E-state index in [2.05, 4.69) is 0 Å². The van der Waals surface area contributed by atoms with Crippen LogP contribution in [-0.2, 0) is 0 Å². The topological polar surface area (TPSA) is 78.6 Å². The fraction of sp³-hybridized carbons (Fsp3) is 0.0909. The zero-order chi connectivity index (χ0) is 11.7. The Kier molecular flexibility index (Phi) is 2.50. The summed E-state index contributed by atoms with van der Waals surface area (Å²) in [5, 5.41) is 16.6. The van der Waals surface area contributed by atoms with Gasteiger partial charge in [-0.1, -0.05) is 29.0 Å². The molecule has 0 aliphatic rings. The normalized spacial score (nSPS) is 10.0. The molecule has 0 saturated heterocycles. The van der Waals surface area contributed by atoms with E-state index in [9.17, 15) is 0 Å². The molecule has 0 unspecified atom stereocenters. The van der Waals surface area contributed by atoms with Crippen molar-refractivity contribution < 1.29 is 0 Å². The van der Waals surface area contributed by atoms with E-state index in [0.29, 0.717) is 10.7 Å². The van der Waals surface area contributed by atoms with Crippen molar-refractivity contribution in [1.29, 1.82) is 10.7 Å². The van der Waals surface area contributed by atoms with E-state index in [1.54, 1.807) is 4.57 Å². The molecule has 0 radical (unpaired) electrons. The summed E-state index contributed by atoms with van der Waals surface area (Å²) in [7, 11) is 0. The Balaban J connectivity index is 2.66. The average Bonchev–Trinajstić information content (AvgIpc) is 2.56. The number of nitriles is 1. The summed E-state index contributed by atoms with van der Waals surface area (Å²) < 4.78 is 1.57. The van der Waals surface area contributed by atoms with Crippen molar-refractivity contribution in [2.45, 2.75) is 6.92 Å². The van der Waals surface area contributed by atoms with Gasteiger partial charge < -0.3 is 5.73 Å². The lowest BCUT2D eigenvalue weighted by atomic mass is 10.2. The highest BCUT2D eigenvalue weighted by atomic mass is 32.1. The zero-order valence-corrected chi connectivity index (χ0v) is 9.51. The van der Waals surface area contributed by atoms with Crippen LogP contribution in [0.5, 0.6) is 0 Å². The van der Waals surface area contributed by atoms with Crippen molar-refractivity contribution >= 4 is 17.2 Å². The third-order valence-electron chi connectivity index (χ3n) is 2.27. The summed E-state index contributed by atoms with van der Waals surface area (Å²) in [6, 6.07) is 9.66. The van der Waals surface area contributed by atoms with E-state index < -0.39 is 0 Å². The highest BCUT2D eigenvalue weighted by molar-refractivity contribution is 7.10. The minimum absolute atomic E-state index is 0.262. The van der Waals surface area contributed by atoms with Gasteiger partial charge in [0.05, 0.1) is 0 Å². The number of nitrogens with one attached hydrogen (secondary N) is 1. The van der Waals surface area contributed by atoms with Gasteiger partial charge in [0, 0.05) is 5.69 Å². The average molecular weight is 230 g/mol. The van der Waals surface area contributed by atoms with Crippen LogP contribution < -0.4 is 10.5 Å². The van der Waals surface area contributed by atoms with Gasteiger partial charge in [0.25, 0.3) is 0 Å². The highest BCUT2D eigenvalue weighted by Gasteiger charge is 2.10. The van der Waals surface area contributed by atoms with Gasteiger partial charge in [-0.2, -0.15) is 5.26 Å². The molecule has 0 fully saturated rings. The van der Waals surface area contributed by atoms with Crippen LogP contribution in [0.1, 0.15) is 10.4 Å². The molecule has 0 saturated carbocycles. The number of aryl methyl sites for hydroxylation is 1. The Bertz CT molecular complexity index is 613. The minimum atomic E-state index is 0.262. The highest BCUT2D eigenvalue weighted by Crippen LogP contribution is 2.18. The second-order valence-corrected chi connectivity index (χ2v) is 4.40. The first-order chi connectivity index (χ1) is 7.63. The number of nitrogens with two attached hydrogens (primary N) is 1. The number of hydrogen-bond donors (Lipinski definition) is 2. The van der Waals surface area contributed by atoms with Gasteiger partial charge in [-0.3, -0.25) is 9.98 Å². The van der Waals surface area contributed by atoms with Crippen molar-refractivity contribution in [2.24, 2.45) is 0 Å². The van der Waals surface area contributed by atoms with Crippen LogP contribution in [0.4, 0.5) is 5.82 Å². The lowest BCUT2D eigenvalue weighted by Crippen LogP contribution is -2.13. The van der Waals surface area contributed by atoms with Crippen LogP contribution >= 0.6 is 11.3 Å². The fourth-order valence-electron chi connectivity index (χ4n) is 1.44. The molecule has 1 aromatic heterocycles. The third-order valence-corrected chi connectivity index (χ3v) is 3.15. The van der Waals surface area contributed by atoms with Crippen LogP contribution in [0.3, 0.4) is 0 Å². The lowest BCUT2D eigenvalue weighted by Gasteiger charge is -2.05. The molecular weight excluding hydrogens is 220 g/mol. The van der Waals surface area contributed by atoms with Gasteiger partial charge in [-0.05, 0) is 19.1 Å². The largest absolute Gasteiger partial charge is 0.383 e. The number of thiazole rings is 1. The Labute approximate surface area is 96.7 Å². The van der Waals surface area contributed by atoms with Crippen molar-refractivity contribution in [1.82, 2.24) is 4.57 Å². The van der Waals surface area contributed by atoms with Gasteiger partial charge in [-0.15, -0.1) is 0 Å². The third kappa shape index (κ3) is 1.59. The molecule has 1 aromatic carbocycles. The van der Waals surface area contributed by atoms with Gasteiger partial charge >= 0.3 is 0 Å². The molecule has 0 spiro atoms. The first kappa shape index (κ1) is 10.5. The standard InChI is InChI=1S/C11H10N4S/c1-7-2-4-8(5-3-7)15-10(13)9(6-12)16-11(15)14/h2-5,14H,13H2,1H3. The van der Waals surface area contributed by atoms with E-state index in [4.69, 9.17) is 16.4 Å². The minimum Gasteiger partial charge on any atom is -0.383 e. The molecule has 1 heterocycles. The van der Waals surface area contributed by atoms with Crippen LogP contribution in [0.15, 0.2) is 24.3 Å². The number of nitrogen functional groups attached to an aromatic ring is 1. The van der Waals surface area contributed by atoms with Gasteiger partial charge in [0.2, 0.25) is 0 Å². The molecular formula is C11H10N4S. The summed E-state index contributed by atoms with van der Waals surface area (Å²) in [6.45, 7) is 1.99. The first-order valence-electron chi connectivity index (χ1n) is 4.66. The molecule has 3 N–H and O–H groups in total. The van der Waals surface area contributed by atoms with Crippen molar-refractivity contribution in [3.8, 4) is 11.8 Å². The lowest BCUT2D eigenvalue weighted by molar-refractivity contribution is 0.988. The Morgan fingerprint density at radius 1 is 1.38 bits per heavy atom. The van der Waals surface area contributed by atoms with Gasteiger partial charge in [0.1, 0.15) is 16.8 Å². The molecule has 5 heteroatoms. The van der Waals surface area contributed by atoms with E-state index in [1.807, 2.05) is 37.3 Å². The van der Waals surface area contributed by atoms with Crippen LogP contribution in [0, 0.1) is 23.7 Å². The summed E-state index contributed by atoms with van der Waals surface area (Å²) in [4.78, 5) is 0.642. The Hall–Kier alpha value is -2.06. The van der Waals surface area contributed by atoms with Crippen molar-refractivity contribution in [2.75, 3.05) is 5.73 Å². The zero-order valence-electron chi connectivity index (χ0n) is 8.69. The molecule has 16 heavy (non-hydrogen) atoms. The summed E-state index contributed by atoms with van der Waals surface area (Å²) >= 11 is 1.08. The van der Waals surface area contributed by atoms with Crippen LogP contribution in [0.2, 0.25) is 0 Å². The first-order valence-corrected chi connectivity index (χ1v) is 5.48.